The van der Waals surface area contributed by atoms with Crippen molar-refractivity contribution in [3.05, 3.63) is 0 Å². The van der Waals surface area contributed by atoms with Crippen molar-refractivity contribution in [2.45, 2.75) is 33.6 Å². The van der Waals surface area contributed by atoms with Gasteiger partial charge in [-0.3, -0.25) is 9.59 Å². The summed E-state index contributed by atoms with van der Waals surface area (Å²) in [5.74, 6) is -0.564. The quantitative estimate of drug-likeness (QED) is 0.705. The van der Waals surface area contributed by atoms with Crippen LogP contribution in [0.4, 0.5) is 0 Å². The SMILES string of the molecule is CCN(CC(C)C)C(=O)CCC(=O)O. The van der Waals surface area contributed by atoms with Crippen LogP contribution in [-0.4, -0.2) is 35.0 Å². The molecule has 0 atom stereocenters. The largest absolute Gasteiger partial charge is 0.481 e. The van der Waals surface area contributed by atoms with Gasteiger partial charge in [0, 0.05) is 19.5 Å². The predicted molar refractivity (Wildman–Crippen MR) is 54.0 cm³/mol. The Morgan fingerprint density at radius 3 is 2.21 bits per heavy atom. The minimum absolute atomic E-state index is 0.0661. The molecule has 0 radical (unpaired) electrons. The molecular weight excluding hydrogens is 182 g/mol. The van der Waals surface area contributed by atoms with E-state index in [2.05, 4.69) is 0 Å². The highest BCUT2D eigenvalue weighted by molar-refractivity contribution is 5.80. The van der Waals surface area contributed by atoms with Crippen LogP contribution in [0.5, 0.6) is 0 Å². The van der Waals surface area contributed by atoms with Crippen molar-refractivity contribution in [3.63, 3.8) is 0 Å². The fraction of sp³-hybridized carbons (Fsp3) is 0.800. The maximum atomic E-state index is 11.5. The third-order valence-electron chi connectivity index (χ3n) is 1.87. The van der Waals surface area contributed by atoms with Crippen LogP contribution in [0, 0.1) is 5.92 Å². The van der Waals surface area contributed by atoms with Crippen LogP contribution < -0.4 is 0 Å². The number of nitrogens with zero attached hydrogens (tertiary/aromatic N) is 1. The molecule has 0 unspecified atom stereocenters. The lowest BCUT2D eigenvalue weighted by Crippen LogP contribution is -2.34. The predicted octanol–water partition coefficient (Wildman–Crippen LogP) is 1.36. The van der Waals surface area contributed by atoms with Crippen molar-refractivity contribution < 1.29 is 14.7 Å². The molecule has 1 amide bonds. The van der Waals surface area contributed by atoms with Crippen LogP contribution in [-0.2, 0) is 9.59 Å². The van der Waals surface area contributed by atoms with E-state index in [4.69, 9.17) is 5.11 Å². The van der Waals surface area contributed by atoms with Crippen LogP contribution in [0.3, 0.4) is 0 Å². The van der Waals surface area contributed by atoms with Gasteiger partial charge in [-0.15, -0.1) is 0 Å². The van der Waals surface area contributed by atoms with Gasteiger partial charge in [-0.05, 0) is 12.8 Å². The van der Waals surface area contributed by atoms with E-state index in [-0.39, 0.29) is 18.7 Å². The lowest BCUT2D eigenvalue weighted by molar-refractivity contribution is -0.141. The molecule has 4 nitrogen and oxygen atoms in total. The Labute approximate surface area is 84.9 Å². The molecule has 14 heavy (non-hydrogen) atoms. The van der Waals surface area contributed by atoms with E-state index in [1.807, 2.05) is 20.8 Å². The Morgan fingerprint density at radius 2 is 1.86 bits per heavy atom. The first-order valence-electron chi connectivity index (χ1n) is 4.97. The molecule has 1 N–H and O–H groups in total. The molecule has 0 aromatic heterocycles. The molecule has 0 rings (SSSR count). The van der Waals surface area contributed by atoms with Gasteiger partial charge in [-0.1, -0.05) is 13.8 Å². The highest BCUT2D eigenvalue weighted by Crippen LogP contribution is 2.02. The van der Waals surface area contributed by atoms with Crippen LogP contribution >= 0.6 is 0 Å². The normalized spacial score (nSPS) is 10.3. The molecule has 0 saturated carbocycles. The van der Waals surface area contributed by atoms with Crippen molar-refractivity contribution in [1.82, 2.24) is 4.90 Å². The second-order valence-corrected chi connectivity index (χ2v) is 3.72. The fourth-order valence-electron chi connectivity index (χ4n) is 1.22. The number of carboxylic acid groups (broad SMARTS) is 1. The first-order chi connectivity index (χ1) is 6.47. The van der Waals surface area contributed by atoms with Crippen LogP contribution in [0.15, 0.2) is 0 Å². The van der Waals surface area contributed by atoms with Gasteiger partial charge in [-0.2, -0.15) is 0 Å². The van der Waals surface area contributed by atoms with Gasteiger partial charge < -0.3 is 10.0 Å². The molecule has 0 heterocycles. The summed E-state index contributed by atoms with van der Waals surface area (Å²) in [4.78, 5) is 23.4. The zero-order valence-corrected chi connectivity index (χ0v) is 9.12. The Balaban J connectivity index is 3.97. The Kier molecular flexibility index (Phi) is 5.92. The highest BCUT2D eigenvalue weighted by atomic mass is 16.4. The highest BCUT2D eigenvalue weighted by Gasteiger charge is 2.13. The number of hydrogen-bond acceptors (Lipinski definition) is 2. The Hall–Kier alpha value is -1.06. The lowest BCUT2D eigenvalue weighted by atomic mass is 10.2. The zero-order chi connectivity index (χ0) is 11.1. The van der Waals surface area contributed by atoms with E-state index in [1.54, 1.807) is 4.90 Å². The van der Waals surface area contributed by atoms with E-state index in [0.717, 1.165) is 0 Å². The van der Waals surface area contributed by atoms with Crippen molar-refractivity contribution in [3.8, 4) is 0 Å². The van der Waals surface area contributed by atoms with Crippen molar-refractivity contribution in [2.75, 3.05) is 13.1 Å². The fourth-order valence-corrected chi connectivity index (χ4v) is 1.22. The summed E-state index contributed by atoms with van der Waals surface area (Å²) < 4.78 is 0. The first kappa shape index (κ1) is 12.9. The molecule has 0 spiro atoms. The molecule has 82 valence electrons. The van der Waals surface area contributed by atoms with Gasteiger partial charge >= 0.3 is 5.97 Å². The number of carbonyl (C=O) groups excluding carboxylic acids is 1. The molecule has 0 aromatic rings. The molecule has 0 aliphatic carbocycles. The molecule has 0 bridgehead atoms. The van der Waals surface area contributed by atoms with Gasteiger partial charge in [0.25, 0.3) is 0 Å². The third kappa shape index (κ3) is 5.56. The number of amides is 1. The maximum absolute atomic E-state index is 11.5. The van der Waals surface area contributed by atoms with Gasteiger partial charge in [0.1, 0.15) is 0 Å². The summed E-state index contributed by atoms with van der Waals surface area (Å²) in [5, 5.41) is 8.43. The van der Waals surface area contributed by atoms with E-state index in [0.29, 0.717) is 19.0 Å². The van der Waals surface area contributed by atoms with Crippen molar-refractivity contribution in [2.24, 2.45) is 5.92 Å². The standard InChI is InChI=1S/C10H19NO3/c1-4-11(7-8(2)3)9(12)5-6-10(13)14/h8H,4-7H2,1-3H3,(H,13,14). The third-order valence-corrected chi connectivity index (χ3v) is 1.87. The summed E-state index contributed by atoms with van der Waals surface area (Å²) in [7, 11) is 0. The first-order valence-corrected chi connectivity index (χ1v) is 4.97. The molecule has 0 fully saturated rings. The van der Waals surface area contributed by atoms with E-state index >= 15 is 0 Å². The average molecular weight is 201 g/mol. The summed E-state index contributed by atoms with van der Waals surface area (Å²) in [6.07, 6.45) is 0.0311. The number of hydrogen-bond donors (Lipinski definition) is 1. The monoisotopic (exact) mass is 201 g/mol. The second kappa shape index (κ2) is 6.40. The topological polar surface area (TPSA) is 57.6 Å². The summed E-state index contributed by atoms with van der Waals surface area (Å²) in [5.41, 5.74) is 0. The van der Waals surface area contributed by atoms with Gasteiger partial charge in [0.15, 0.2) is 0 Å². The molecular formula is C10H19NO3. The van der Waals surface area contributed by atoms with Crippen LogP contribution in [0.25, 0.3) is 0 Å². The molecule has 4 heteroatoms. The van der Waals surface area contributed by atoms with Gasteiger partial charge in [0.05, 0.1) is 6.42 Å². The van der Waals surface area contributed by atoms with Gasteiger partial charge in [-0.25, -0.2) is 0 Å². The van der Waals surface area contributed by atoms with Crippen LogP contribution in [0.2, 0.25) is 0 Å². The van der Waals surface area contributed by atoms with Gasteiger partial charge in [0.2, 0.25) is 5.91 Å². The minimum atomic E-state index is -0.918. The maximum Gasteiger partial charge on any atom is 0.303 e. The molecule has 0 aliphatic heterocycles. The number of carbonyl (C=O) groups is 2. The van der Waals surface area contributed by atoms with E-state index < -0.39 is 5.97 Å². The smallest absolute Gasteiger partial charge is 0.303 e. The lowest BCUT2D eigenvalue weighted by Gasteiger charge is -2.22. The minimum Gasteiger partial charge on any atom is -0.481 e. The van der Waals surface area contributed by atoms with Crippen LogP contribution in [0.1, 0.15) is 33.6 Å². The number of aliphatic carboxylic acids is 1. The molecule has 0 aromatic carbocycles. The summed E-state index contributed by atoms with van der Waals surface area (Å²) in [6, 6.07) is 0. The average Bonchev–Trinajstić information content (AvgIpc) is 2.09. The number of rotatable bonds is 6. The van der Waals surface area contributed by atoms with E-state index in [9.17, 15) is 9.59 Å². The van der Waals surface area contributed by atoms with Crippen molar-refractivity contribution >= 4 is 11.9 Å². The zero-order valence-electron chi connectivity index (χ0n) is 9.12. The van der Waals surface area contributed by atoms with Crippen molar-refractivity contribution in [1.29, 1.82) is 0 Å². The van der Waals surface area contributed by atoms with E-state index in [1.165, 1.54) is 0 Å². The second-order valence-electron chi connectivity index (χ2n) is 3.72. The molecule has 0 saturated heterocycles. The summed E-state index contributed by atoms with van der Waals surface area (Å²) in [6.45, 7) is 7.33. The number of carboxylic acids is 1. The molecule has 0 aliphatic rings. The Morgan fingerprint density at radius 1 is 1.29 bits per heavy atom. The Bertz CT molecular complexity index is 202. The summed E-state index contributed by atoms with van der Waals surface area (Å²) >= 11 is 0.